The Morgan fingerprint density at radius 2 is 1.89 bits per heavy atom. The minimum absolute atomic E-state index is 0.000817. The van der Waals surface area contributed by atoms with E-state index in [1.54, 1.807) is 0 Å². The number of anilines is 2. The van der Waals surface area contributed by atoms with E-state index in [2.05, 4.69) is 44.0 Å². The molecule has 28 heavy (non-hydrogen) atoms. The van der Waals surface area contributed by atoms with E-state index < -0.39 is 0 Å². The number of rotatable bonds is 7. The lowest BCUT2D eigenvalue weighted by molar-refractivity contribution is -0.115. The highest BCUT2D eigenvalue weighted by Crippen LogP contribution is 2.42. The largest absolute Gasteiger partial charge is 0.341 e. The zero-order valence-corrected chi connectivity index (χ0v) is 17.5. The number of carbonyl (C=O) groups excluding carboxylic acids is 1. The number of amides is 1. The zero-order chi connectivity index (χ0) is 19.5. The summed E-state index contributed by atoms with van der Waals surface area (Å²) in [5.41, 5.74) is 2.11. The molecule has 6 nitrogen and oxygen atoms in total. The predicted octanol–water partition coefficient (Wildman–Crippen LogP) is 4.29. The van der Waals surface area contributed by atoms with E-state index in [1.807, 2.05) is 19.1 Å². The van der Waals surface area contributed by atoms with Crippen molar-refractivity contribution < 1.29 is 4.79 Å². The van der Waals surface area contributed by atoms with Crippen molar-refractivity contribution in [1.29, 1.82) is 0 Å². The van der Waals surface area contributed by atoms with Crippen molar-refractivity contribution in [3.8, 4) is 0 Å². The summed E-state index contributed by atoms with van der Waals surface area (Å²) in [7, 11) is 0. The summed E-state index contributed by atoms with van der Waals surface area (Å²) in [6, 6.07) is 8.54. The summed E-state index contributed by atoms with van der Waals surface area (Å²) in [6.45, 7) is 6.17. The van der Waals surface area contributed by atoms with Gasteiger partial charge >= 0.3 is 0 Å². The highest BCUT2D eigenvalue weighted by Gasteiger charge is 2.33. The second-order valence-corrected chi connectivity index (χ2v) is 9.04. The van der Waals surface area contributed by atoms with E-state index in [4.69, 9.17) is 0 Å². The number of nitrogens with one attached hydrogen (secondary N) is 1. The van der Waals surface area contributed by atoms with Crippen LogP contribution in [0.3, 0.4) is 0 Å². The van der Waals surface area contributed by atoms with Gasteiger partial charge in [-0.05, 0) is 63.1 Å². The average molecular weight is 400 g/mol. The molecule has 1 amide bonds. The van der Waals surface area contributed by atoms with Gasteiger partial charge in [-0.25, -0.2) is 0 Å². The Bertz CT molecular complexity index is 809. The van der Waals surface area contributed by atoms with Gasteiger partial charge in [0.15, 0.2) is 5.16 Å². The van der Waals surface area contributed by atoms with E-state index in [0.717, 1.165) is 36.3 Å². The highest BCUT2D eigenvalue weighted by atomic mass is 32.2. The Balaban J connectivity index is 1.44. The third-order valence-corrected chi connectivity index (χ3v) is 6.54. The second kappa shape index (κ2) is 8.55. The number of thioether (sulfide) groups is 1. The minimum atomic E-state index is -0.234. The summed E-state index contributed by atoms with van der Waals surface area (Å²) < 4.78 is 2.27. The molecule has 1 aliphatic carbocycles. The number of hydrogen-bond donors (Lipinski definition) is 1. The summed E-state index contributed by atoms with van der Waals surface area (Å²) in [6.07, 6.45) is 7.08. The molecule has 7 heteroatoms. The maximum absolute atomic E-state index is 12.7. The molecule has 0 bridgehead atoms. The number of nitrogens with zero attached hydrogens (tertiary/aromatic N) is 4. The number of aromatic nitrogens is 3. The van der Waals surface area contributed by atoms with Crippen LogP contribution < -0.4 is 10.2 Å². The molecule has 2 aromatic rings. The molecule has 1 atom stereocenters. The van der Waals surface area contributed by atoms with Crippen molar-refractivity contribution in [2.24, 2.45) is 0 Å². The first kappa shape index (κ1) is 19.3. The summed E-state index contributed by atoms with van der Waals surface area (Å²) in [5, 5.41) is 12.6. The molecule has 2 aliphatic rings. The second-order valence-electron chi connectivity index (χ2n) is 7.73. The monoisotopic (exact) mass is 399 g/mol. The normalized spacial score (nSPS) is 18.1. The molecular weight excluding hydrogens is 370 g/mol. The van der Waals surface area contributed by atoms with Gasteiger partial charge in [0.05, 0.1) is 5.25 Å². The Morgan fingerprint density at radius 1 is 1.18 bits per heavy atom. The van der Waals surface area contributed by atoms with E-state index >= 15 is 0 Å². The molecule has 0 unspecified atom stereocenters. The molecule has 1 saturated carbocycles. The van der Waals surface area contributed by atoms with Gasteiger partial charge in [0.2, 0.25) is 11.9 Å². The number of carbonyl (C=O) groups is 1. The van der Waals surface area contributed by atoms with Gasteiger partial charge in [0.25, 0.3) is 0 Å². The number of piperidine rings is 1. The third-order valence-electron chi connectivity index (χ3n) is 5.48. The maximum Gasteiger partial charge on any atom is 0.237 e. The fourth-order valence-electron chi connectivity index (χ4n) is 3.59. The SMILES string of the molecule is CCc1ccc(NC(=O)[C@@H](C)Sc2nnc(N3CCCCC3)n2C2CC2)cc1. The molecular formula is C21H29N5OS. The molecule has 4 rings (SSSR count). The maximum atomic E-state index is 12.7. The van der Waals surface area contributed by atoms with Crippen LogP contribution in [0.5, 0.6) is 0 Å². The van der Waals surface area contributed by atoms with Gasteiger partial charge in [-0.2, -0.15) is 0 Å². The quantitative estimate of drug-likeness (QED) is 0.704. The molecule has 2 heterocycles. The van der Waals surface area contributed by atoms with E-state index in [-0.39, 0.29) is 11.2 Å². The number of benzene rings is 1. The first-order chi connectivity index (χ1) is 13.7. The summed E-state index contributed by atoms with van der Waals surface area (Å²) in [5.74, 6) is 0.992. The zero-order valence-electron chi connectivity index (χ0n) is 16.7. The number of aryl methyl sites for hydroxylation is 1. The van der Waals surface area contributed by atoms with Crippen LogP contribution in [0.1, 0.15) is 57.6 Å². The van der Waals surface area contributed by atoms with Crippen LogP contribution in [0, 0.1) is 0 Å². The van der Waals surface area contributed by atoms with Crippen molar-refractivity contribution in [1.82, 2.24) is 14.8 Å². The smallest absolute Gasteiger partial charge is 0.237 e. The van der Waals surface area contributed by atoms with Gasteiger partial charge in [-0.15, -0.1) is 10.2 Å². The van der Waals surface area contributed by atoms with Gasteiger partial charge in [0.1, 0.15) is 0 Å². The van der Waals surface area contributed by atoms with Gasteiger partial charge < -0.3 is 10.2 Å². The first-order valence-electron chi connectivity index (χ1n) is 10.4. The fourth-order valence-corrected chi connectivity index (χ4v) is 4.51. The Hall–Kier alpha value is -2.02. The van der Waals surface area contributed by atoms with Crippen molar-refractivity contribution in [3.63, 3.8) is 0 Å². The van der Waals surface area contributed by atoms with Crippen molar-refractivity contribution >= 4 is 29.3 Å². The molecule has 1 aromatic carbocycles. The molecule has 1 aliphatic heterocycles. The van der Waals surface area contributed by atoms with Crippen LogP contribution in [0.15, 0.2) is 29.4 Å². The van der Waals surface area contributed by atoms with Crippen LogP contribution in [-0.2, 0) is 11.2 Å². The fraction of sp³-hybridized carbons (Fsp3) is 0.571. The van der Waals surface area contributed by atoms with Crippen LogP contribution in [0.4, 0.5) is 11.6 Å². The summed E-state index contributed by atoms with van der Waals surface area (Å²) in [4.78, 5) is 15.0. The molecule has 1 N–H and O–H groups in total. The Morgan fingerprint density at radius 3 is 2.54 bits per heavy atom. The Kier molecular flexibility index (Phi) is 5.90. The molecule has 0 spiro atoms. The molecule has 1 aromatic heterocycles. The third kappa shape index (κ3) is 4.35. The van der Waals surface area contributed by atoms with E-state index in [1.165, 1.54) is 49.4 Å². The lowest BCUT2D eigenvalue weighted by Crippen LogP contribution is -2.32. The highest BCUT2D eigenvalue weighted by molar-refractivity contribution is 8.00. The van der Waals surface area contributed by atoms with Crippen molar-refractivity contribution in [2.75, 3.05) is 23.3 Å². The molecule has 1 saturated heterocycles. The number of hydrogen-bond acceptors (Lipinski definition) is 5. The van der Waals surface area contributed by atoms with Crippen molar-refractivity contribution in [3.05, 3.63) is 29.8 Å². The van der Waals surface area contributed by atoms with Crippen LogP contribution in [-0.4, -0.2) is 39.0 Å². The molecule has 150 valence electrons. The summed E-state index contributed by atoms with van der Waals surface area (Å²) >= 11 is 1.51. The van der Waals surface area contributed by atoms with Crippen LogP contribution >= 0.6 is 11.8 Å². The standard InChI is InChI=1S/C21H29N5OS/c1-3-16-7-9-17(10-8-16)22-19(27)15(2)28-21-24-23-20(26(21)18-11-12-18)25-13-5-4-6-14-25/h7-10,15,18H,3-6,11-14H2,1-2H3,(H,22,27)/t15-/m1/s1. The van der Waals surface area contributed by atoms with Crippen LogP contribution in [0.2, 0.25) is 0 Å². The van der Waals surface area contributed by atoms with E-state index in [0.29, 0.717) is 6.04 Å². The molecule has 0 radical (unpaired) electrons. The average Bonchev–Trinajstić information content (AvgIpc) is 3.49. The predicted molar refractivity (Wildman–Crippen MR) is 114 cm³/mol. The topological polar surface area (TPSA) is 63.1 Å². The first-order valence-corrected chi connectivity index (χ1v) is 11.3. The van der Waals surface area contributed by atoms with Gasteiger partial charge in [-0.1, -0.05) is 30.8 Å². The van der Waals surface area contributed by atoms with Gasteiger partial charge in [0, 0.05) is 24.8 Å². The van der Waals surface area contributed by atoms with Crippen molar-refractivity contribution in [2.45, 2.75) is 68.8 Å². The lowest BCUT2D eigenvalue weighted by Gasteiger charge is -2.28. The Labute approximate surface area is 171 Å². The van der Waals surface area contributed by atoms with Gasteiger partial charge in [-0.3, -0.25) is 9.36 Å². The van der Waals surface area contributed by atoms with E-state index in [9.17, 15) is 4.79 Å². The molecule has 2 fully saturated rings. The van der Waals surface area contributed by atoms with Crippen LogP contribution in [0.25, 0.3) is 0 Å². The lowest BCUT2D eigenvalue weighted by atomic mass is 10.1. The minimum Gasteiger partial charge on any atom is -0.341 e.